The molecule has 2 rings (SSSR count). The van der Waals surface area contributed by atoms with Crippen LogP contribution in [0.1, 0.15) is 38.2 Å². The minimum Gasteiger partial charge on any atom is -0.381 e. The molecule has 1 aromatic rings. The number of nitrogens with zero attached hydrogens (tertiary/aromatic N) is 1. The van der Waals surface area contributed by atoms with Crippen LogP contribution in [0.5, 0.6) is 0 Å². The lowest BCUT2D eigenvalue weighted by Gasteiger charge is -2.20. The van der Waals surface area contributed by atoms with Crippen molar-refractivity contribution in [1.82, 2.24) is 4.98 Å². The van der Waals surface area contributed by atoms with Gasteiger partial charge in [-0.3, -0.25) is 4.98 Å². The Bertz CT molecular complexity index is 322. The van der Waals surface area contributed by atoms with E-state index in [9.17, 15) is 0 Å². The van der Waals surface area contributed by atoms with Gasteiger partial charge in [0.15, 0.2) is 0 Å². The molecule has 15 heavy (non-hydrogen) atoms. The van der Waals surface area contributed by atoms with E-state index in [-0.39, 0.29) is 0 Å². The van der Waals surface area contributed by atoms with Crippen molar-refractivity contribution in [2.45, 2.75) is 45.6 Å². The first-order valence-electron chi connectivity index (χ1n) is 5.97. The SMILES string of the molecule is CCC1CCCC1Nc1cncc(C)c1. The number of hydrogen-bond acceptors (Lipinski definition) is 2. The third-order valence-corrected chi connectivity index (χ3v) is 3.41. The molecule has 1 aromatic heterocycles. The lowest BCUT2D eigenvalue weighted by atomic mass is 10.0. The molecule has 1 aliphatic carbocycles. The predicted octanol–water partition coefficient (Wildman–Crippen LogP) is 3.38. The zero-order chi connectivity index (χ0) is 10.7. The third-order valence-electron chi connectivity index (χ3n) is 3.41. The fourth-order valence-electron chi connectivity index (χ4n) is 2.56. The molecule has 0 amide bonds. The molecule has 1 aliphatic rings. The molecule has 0 spiro atoms. The summed E-state index contributed by atoms with van der Waals surface area (Å²) in [4.78, 5) is 4.21. The van der Waals surface area contributed by atoms with Crippen LogP contribution in [0.25, 0.3) is 0 Å². The van der Waals surface area contributed by atoms with Gasteiger partial charge in [-0.1, -0.05) is 19.8 Å². The van der Waals surface area contributed by atoms with Gasteiger partial charge in [-0.2, -0.15) is 0 Å². The molecule has 2 atom stereocenters. The quantitative estimate of drug-likeness (QED) is 0.816. The maximum atomic E-state index is 4.21. The molecule has 1 N–H and O–H groups in total. The van der Waals surface area contributed by atoms with Crippen molar-refractivity contribution in [2.75, 3.05) is 5.32 Å². The first-order chi connectivity index (χ1) is 7.29. The van der Waals surface area contributed by atoms with E-state index in [1.165, 1.54) is 36.9 Å². The van der Waals surface area contributed by atoms with Gasteiger partial charge in [-0.25, -0.2) is 0 Å². The molecule has 82 valence electrons. The average Bonchev–Trinajstić information content (AvgIpc) is 2.65. The highest BCUT2D eigenvalue weighted by molar-refractivity contribution is 5.43. The van der Waals surface area contributed by atoms with Crippen LogP contribution >= 0.6 is 0 Å². The number of nitrogens with one attached hydrogen (secondary N) is 1. The summed E-state index contributed by atoms with van der Waals surface area (Å²) in [5.41, 5.74) is 2.41. The molecular weight excluding hydrogens is 184 g/mol. The lowest BCUT2D eigenvalue weighted by molar-refractivity contribution is 0.489. The normalized spacial score (nSPS) is 25.5. The van der Waals surface area contributed by atoms with Crippen molar-refractivity contribution in [1.29, 1.82) is 0 Å². The van der Waals surface area contributed by atoms with Crippen molar-refractivity contribution in [2.24, 2.45) is 5.92 Å². The maximum absolute atomic E-state index is 4.21. The van der Waals surface area contributed by atoms with Gasteiger partial charge < -0.3 is 5.32 Å². The van der Waals surface area contributed by atoms with Gasteiger partial charge in [0.2, 0.25) is 0 Å². The Morgan fingerprint density at radius 3 is 3.00 bits per heavy atom. The second-order valence-corrected chi connectivity index (χ2v) is 4.60. The van der Waals surface area contributed by atoms with Crippen LogP contribution in [-0.4, -0.2) is 11.0 Å². The van der Waals surface area contributed by atoms with Gasteiger partial charge in [0.05, 0.1) is 5.69 Å². The van der Waals surface area contributed by atoms with Crippen molar-refractivity contribution in [3.8, 4) is 0 Å². The van der Waals surface area contributed by atoms with E-state index in [1.807, 2.05) is 12.4 Å². The highest BCUT2D eigenvalue weighted by Crippen LogP contribution is 2.30. The van der Waals surface area contributed by atoms with Gasteiger partial charge >= 0.3 is 0 Å². The highest BCUT2D eigenvalue weighted by atomic mass is 14.9. The van der Waals surface area contributed by atoms with Crippen LogP contribution in [0.4, 0.5) is 5.69 Å². The topological polar surface area (TPSA) is 24.9 Å². The van der Waals surface area contributed by atoms with Crippen LogP contribution in [-0.2, 0) is 0 Å². The Morgan fingerprint density at radius 1 is 1.40 bits per heavy atom. The van der Waals surface area contributed by atoms with E-state index in [4.69, 9.17) is 0 Å². The Balaban J connectivity index is 2.02. The van der Waals surface area contributed by atoms with E-state index in [0.29, 0.717) is 6.04 Å². The minimum absolute atomic E-state index is 0.665. The Labute approximate surface area is 92.1 Å². The summed E-state index contributed by atoms with van der Waals surface area (Å²) < 4.78 is 0. The lowest BCUT2D eigenvalue weighted by Crippen LogP contribution is -2.23. The molecule has 2 nitrogen and oxygen atoms in total. The van der Waals surface area contributed by atoms with Crippen LogP contribution in [0.3, 0.4) is 0 Å². The van der Waals surface area contributed by atoms with Crippen LogP contribution < -0.4 is 5.32 Å². The van der Waals surface area contributed by atoms with Gasteiger partial charge in [0, 0.05) is 18.4 Å². The highest BCUT2D eigenvalue weighted by Gasteiger charge is 2.25. The molecule has 0 radical (unpaired) electrons. The number of aryl methyl sites for hydroxylation is 1. The average molecular weight is 204 g/mol. The molecule has 0 aromatic carbocycles. The van der Waals surface area contributed by atoms with Crippen molar-refractivity contribution >= 4 is 5.69 Å². The van der Waals surface area contributed by atoms with E-state index in [0.717, 1.165) is 5.92 Å². The number of aromatic nitrogens is 1. The van der Waals surface area contributed by atoms with E-state index < -0.39 is 0 Å². The van der Waals surface area contributed by atoms with Crippen LogP contribution in [0.15, 0.2) is 18.5 Å². The first kappa shape index (κ1) is 10.5. The number of rotatable bonds is 3. The number of hydrogen-bond donors (Lipinski definition) is 1. The van der Waals surface area contributed by atoms with Crippen LogP contribution in [0, 0.1) is 12.8 Å². The monoisotopic (exact) mass is 204 g/mol. The standard InChI is InChI=1S/C13H20N2/c1-3-11-5-4-6-13(11)15-12-7-10(2)8-14-9-12/h7-9,11,13,15H,3-6H2,1-2H3. The first-order valence-corrected chi connectivity index (χ1v) is 5.97. The summed E-state index contributed by atoms with van der Waals surface area (Å²) in [6.45, 7) is 4.38. The molecule has 0 bridgehead atoms. The summed E-state index contributed by atoms with van der Waals surface area (Å²) in [5, 5.41) is 3.62. The Hall–Kier alpha value is -1.05. The zero-order valence-corrected chi connectivity index (χ0v) is 9.66. The fraction of sp³-hybridized carbons (Fsp3) is 0.615. The summed E-state index contributed by atoms with van der Waals surface area (Å²) in [7, 11) is 0. The second-order valence-electron chi connectivity index (χ2n) is 4.60. The van der Waals surface area contributed by atoms with E-state index >= 15 is 0 Å². The Kier molecular flexibility index (Phi) is 3.24. The van der Waals surface area contributed by atoms with Crippen LogP contribution in [0.2, 0.25) is 0 Å². The summed E-state index contributed by atoms with van der Waals surface area (Å²) in [6, 6.07) is 2.84. The van der Waals surface area contributed by atoms with E-state index in [1.54, 1.807) is 0 Å². The molecule has 1 fully saturated rings. The number of pyridine rings is 1. The van der Waals surface area contributed by atoms with Gasteiger partial charge in [-0.15, -0.1) is 0 Å². The minimum atomic E-state index is 0.665. The summed E-state index contributed by atoms with van der Waals surface area (Å²) in [5.74, 6) is 0.852. The third kappa shape index (κ3) is 2.49. The molecule has 2 unspecified atom stereocenters. The summed E-state index contributed by atoms with van der Waals surface area (Å²) in [6.07, 6.45) is 9.18. The molecule has 0 saturated heterocycles. The Morgan fingerprint density at radius 2 is 2.27 bits per heavy atom. The zero-order valence-electron chi connectivity index (χ0n) is 9.66. The van der Waals surface area contributed by atoms with Crippen molar-refractivity contribution in [3.05, 3.63) is 24.0 Å². The largest absolute Gasteiger partial charge is 0.381 e. The predicted molar refractivity (Wildman–Crippen MR) is 64.0 cm³/mol. The molecular formula is C13H20N2. The van der Waals surface area contributed by atoms with Crippen molar-refractivity contribution < 1.29 is 0 Å². The van der Waals surface area contributed by atoms with Gasteiger partial charge in [-0.05, 0) is 37.3 Å². The van der Waals surface area contributed by atoms with E-state index in [2.05, 4.69) is 30.2 Å². The summed E-state index contributed by atoms with van der Waals surface area (Å²) >= 11 is 0. The maximum Gasteiger partial charge on any atom is 0.0531 e. The molecule has 1 saturated carbocycles. The number of anilines is 1. The molecule has 2 heteroatoms. The smallest absolute Gasteiger partial charge is 0.0531 e. The van der Waals surface area contributed by atoms with Gasteiger partial charge in [0.1, 0.15) is 0 Å². The molecule has 1 heterocycles. The fourth-order valence-corrected chi connectivity index (χ4v) is 2.56. The molecule has 0 aliphatic heterocycles. The second kappa shape index (κ2) is 4.65. The van der Waals surface area contributed by atoms with Crippen molar-refractivity contribution in [3.63, 3.8) is 0 Å². The van der Waals surface area contributed by atoms with Gasteiger partial charge in [0.25, 0.3) is 0 Å².